The lowest BCUT2D eigenvalue weighted by Gasteiger charge is -2.32. The fraction of sp³-hybridized carbons (Fsp3) is 0.269. The molecule has 34 heavy (non-hydrogen) atoms. The molecule has 1 aliphatic heterocycles. The average Bonchev–Trinajstić information content (AvgIpc) is 3.16. The molecule has 7 nitrogen and oxygen atoms in total. The Morgan fingerprint density at radius 3 is 2.24 bits per heavy atom. The molecular weight excluding hydrogens is 450 g/mol. The van der Waals surface area contributed by atoms with Gasteiger partial charge >= 0.3 is 5.97 Å². The predicted molar refractivity (Wildman–Crippen MR) is 132 cm³/mol. The standard InChI is InChI=1S/C26H27N3O4S/c1-16-24(26(32)33-3)18(28-25(16)17(2)30)15-23(31)27-13-8-14-29-19-9-4-6-11-21(19)34-22-12-7-5-10-20(22)29/h4-7,9-12,28H,8,13-15H2,1-3H3,(H,27,31). The number of esters is 1. The highest BCUT2D eigenvalue weighted by Gasteiger charge is 2.25. The highest BCUT2D eigenvalue weighted by atomic mass is 32.2. The number of Topliss-reactive ketones (excluding diaryl/α,β-unsaturated/α-hetero) is 1. The molecule has 1 aromatic heterocycles. The lowest BCUT2D eigenvalue weighted by molar-refractivity contribution is -0.120. The van der Waals surface area contributed by atoms with E-state index in [0.29, 0.717) is 23.5 Å². The van der Waals surface area contributed by atoms with E-state index in [1.54, 1.807) is 18.7 Å². The minimum absolute atomic E-state index is 0.0371. The van der Waals surface area contributed by atoms with Gasteiger partial charge in [-0.05, 0) is 43.2 Å². The van der Waals surface area contributed by atoms with Crippen LogP contribution >= 0.6 is 11.8 Å². The number of anilines is 2. The van der Waals surface area contributed by atoms with Crippen LogP contribution in [0.1, 0.15) is 45.4 Å². The topological polar surface area (TPSA) is 91.5 Å². The molecule has 0 spiro atoms. The number of H-pyrrole nitrogens is 1. The number of methoxy groups -OCH3 is 1. The number of nitrogens with zero attached hydrogens (tertiary/aromatic N) is 1. The van der Waals surface area contributed by atoms with Crippen LogP contribution in [0.4, 0.5) is 11.4 Å². The van der Waals surface area contributed by atoms with Crippen LogP contribution in [0.5, 0.6) is 0 Å². The van der Waals surface area contributed by atoms with E-state index in [4.69, 9.17) is 4.74 Å². The summed E-state index contributed by atoms with van der Waals surface area (Å²) in [4.78, 5) is 44.4. The van der Waals surface area contributed by atoms with E-state index < -0.39 is 5.97 Å². The van der Waals surface area contributed by atoms with Gasteiger partial charge < -0.3 is 19.9 Å². The van der Waals surface area contributed by atoms with Gasteiger partial charge in [-0.15, -0.1) is 0 Å². The molecule has 2 heterocycles. The normalized spacial score (nSPS) is 12.0. The molecule has 0 atom stereocenters. The number of aromatic amines is 1. The third-order valence-corrected chi connectivity index (χ3v) is 6.95. The van der Waals surface area contributed by atoms with Crippen molar-refractivity contribution in [2.45, 2.75) is 36.5 Å². The second-order valence-corrected chi connectivity index (χ2v) is 9.18. The van der Waals surface area contributed by atoms with Crippen molar-refractivity contribution in [1.29, 1.82) is 0 Å². The van der Waals surface area contributed by atoms with E-state index in [0.717, 1.165) is 13.0 Å². The Hall–Kier alpha value is -3.52. The number of ether oxygens (including phenoxy) is 1. The number of fused-ring (bicyclic) bond motifs is 2. The zero-order valence-electron chi connectivity index (χ0n) is 19.4. The molecule has 0 bridgehead atoms. The fourth-order valence-electron chi connectivity index (χ4n) is 4.23. The summed E-state index contributed by atoms with van der Waals surface area (Å²) in [5.41, 5.74) is 3.80. The van der Waals surface area contributed by atoms with Crippen molar-refractivity contribution in [2.75, 3.05) is 25.1 Å². The van der Waals surface area contributed by atoms with Crippen molar-refractivity contribution >= 4 is 40.8 Å². The quantitative estimate of drug-likeness (QED) is 0.278. The predicted octanol–water partition coefficient (Wildman–Crippen LogP) is 4.66. The smallest absolute Gasteiger partial charge is 0.339 e. The van der Waals surface area contributed by atoms with Gasteiger partial charge in [0.15, 0.2) is 5.78 Å². The van der Waals surface area contributed by atoms with Crippen LogP contribution in [-0.4, -0.2) is 42.8 Å². The van der Waals surface area contributed by atoms with E-state index in [1.165, 1.54) is 35.2 Å². The van der Waals surface area contributed by atoms with Crippen LogP contribution in [0.25, 0.3) is 0 Å². The van der Waals surface area contributed by atoms with E-state index in [-0.39, 0.29) is 23.7 Å². The number of ketones is 1. The van der Waals surface area contributed by atoms with E-state index in [2.05, 4.69) is 39.5 Å². The molecule has 0 saturated carbocycles. The molecule has 2 aromatic carbocycles. The molecule has 8 heteroatoms. The van der Waals surface area contributed by atoms with Gasteiger partial charge in [0.25, 0.3) is 0 Å². The van der Waals surface area contributed by atoms with Gasteiger partial charge in [-0.1, -0.05) is 36.0 Å². The Kier molecular flexibility index (Phi) is 7.07. The summed E-state index contributed by atoms with van der Waals surface area (Å²) in [5, 5.41) is 2.93. The maximum absolute atomic E-state index is 12.6. The van der Waals surface area contributed by atoms with Crippen LogP contribution in [0.2, 0.25) is 0 Å². The molecule has 176 valence electrons. The number of hydrogen-bond donors (Lipinski definition) is 2. The zero-order chi connectivity index (χ0) is 24.2. The largest absolute Gasteiger partial charge is 0.465 e. The van der Waals surface area contributed by atoms with Gasteiger partial charge in [0.1, 0.15) is 0 Å². The zero-order valence-corrected chi connectivity index (χ0v) is 20.3. The molecule has 0 radical (unpaired) electrons. The monoisotopic (exact) mass is 477 g/mol. The molecule has 0 aliphatic carbocycles. The fourth-order valence-corrected chi connectivity index (χ4v) is 5.33. The van der Waals surface area contributed by atoms with Gasteiger partial charge in [-0.25, -0.2) is 4.79 Å². The summed E-state index contributed by atoms with van der Waals surface area (Å²) in [6, 6.07) is 16.6. The number of amides is 1. The lowest BCUT2D eigenvalue weighted by Crippen LogP contribution is -2.30. The maximum Gasteiger partial charge on any atom is 0.339 e. The van der Waals surface area contributed by atoms with Crippen LogP contribution < -0.4 is 10.2 Å². The molecule has 2 N–H and O–H groups in total. The molecule has 0 fully saturated rings. The number of carbonyl (C=O) groups is 3. The Morgan fingerprint density at radius 1 is 1.03 bits per heavy atom. The number of aromatic nitrogens is 1. The Morgan fingerprint density at radius 2 is 1.65 bits per heavy atom. The highest BCUT2D eigenvalue weighted by Crippen LogP contribution is 2.47. The highest BCUT2D eigenvalue weighted by molar-refractivity contribution is 7.99. The summed E-state index contributed by atoms with van der Waals surface area (Å²) >= 11 is 1.77. The van der Waals surface area contributed by atoms with Crippen molar-refractivity contribution in [3.63, 3.8) is 0 Å². The summed E-state index contributed by atoms with van der Waals surface area (Å²) in [7, 11) is 1.28. The SMILES string of the molecule is COC(=O)c1c(CC(=O)NCCCN2c3ccccc3Sc3ccccc32)[nH]c(C(C)=O)c1C. The first-order chi connectivity index (χ1) is 16.4. The van der Waals surface area contributed by atoms with Gasteiger partial charge in [0, 0.05) is 35.5 Å². The molecule has 1 amide bonds. The molecule has 3 aromatic rings. The van der Waals surface area contributed by atoms with Crippen molar-refractivity contribution in [3.8, 4) is 0 Å². The summed E-state index contributed by atoms with van der Waals surface area (Å²) in [6.45, 7) is 4.32. The first-order valence-corrected chi connectivity index (χ1v) is 11.9. The Balaban J connectivity index is 1.40. The second kappa shape index (κ2) is 10.2. The minimum atomic E-state index is -0.565. The lowest BCUT2D eigenvalue weighted by atomic mass is 10.1. The number of carbonyl (C=O) groups excluding carboxylic acids is 3. The molecule has 0 saturated heterocycles. The Bertz CT molecular complexity index is 1210. The number of hydrogen-bond acceptors (Lipinski definition) is 6. The summed E-state index contributed by atoms with van der Waals surface area (Å²) in [5.74, 6) is -0.990. The van der Waals surface area contributed by atoms with E-state index >= 15 is 0 Å². The maximum atomic E-state index is 12.6. The molecule has 4 rings (SSSR count). The Labute approximate surface area is 202 Å². The number of rotatable bonds is 8. The van der Waals surface area contributed by atoms with Crippen LogP contribution in [0.15, 0.2) is 58.3 Å². The second-order valence-electron chi connectivity index (χ2n) is 8.10. The number of nitrogens with one attached hydrogen (secondary N) is 2. The van der Waals surface area contributed by atoms with Crippen molar-refractivity contribution in [1.82, 2.24) is 10.3 Å². The molecule has 0 unspecified atom stereocenters. The van der Waals surface area contributed by atoms with Gasteiger partial charge in [-0.3, -0.25) is 9.59 Å². The molecule has 1 aliphatic rings. The summed E-state index contributed by atoms with van der Waals surface area (Å²) in [6.07, 6.45) is 0.704. The number of benzene rings is 2. The van der Waals surface area contributed by atoms with E-state index in [1.807, 2.05) is 24.3 Å². The van der Waals surface area contributed by atoms with E-state index in [9.17, 15) is 14.4 Å². The van der Waals surface area contributed by atoms with Crippen molar-refractivity contribution in [3.05, 3.63) is 71.0 Å². The van der Waals surface area contributed by atoms with Gasteiger partial charge in [0.2, 0.25) is 5.91 Å². The molecular formula is C26H27N3O4S. The van der Waals surface area contributed by atoms with Gasteiger partial charge in [-0.2, -0.15) is 0 Å². The van der Waals surface area contributed by atoms with Crippen LogP contribution in [-0.2, 0) is 16.0 Å². The van der Waals surface area contributed by atoms with Gasteiger partial charge in [0.05, 0.1) is 36.2 Å². The van der Waals surface area contributed by atoms with Crippen LogP contribution in [0, 0.1) is 6.92 Å². The average molecular weight is 478 g/mol. The first-order valence-electron chi connectivity index (χ1n) is 11.1. The number of para-hydroxylation sites is 2. The van der Waals surface area contributed by atoms with Crippen LogP contribution in [0.3, 0.4) is 0 Å². The third kappa shape index (κ3) is 4.72. The minimum Gasteiger partial charge on any atom is -0.465 e. The van der Waals surface area contributed by atoms with Crippen molar-refractivity contribution < 1.29 is 19.1 Å². The van der Waals surface area contributed by atoms with Crippen molar-refractivity contribution in [2.24, 2.45) is 0 Å². The summed E-state index contributed by atoms with van der Waals surface area (Å²) < 4.78 is 4.85. The first kappa shape index (κ1) is 23.6. The third-order valence-electron chi connectivity index (χ3n) is 5.82.